The van der Waals surface area contributed by atoms with Crippen molar-refractivity contribution in [3.8, 4) is 11.1 Å². The number of carbonyl (C=O) groups excluding carboxylic acids is 3. The number of hydrogen-bond donors (Lipinski definition) is 1. The van der Waals surface area contributed by atoms with Crippen molar-refractivity contribution < 1.29 is 14.4 Å². The minimum absolute atomic E-state index is 0.0414. The van der Waals surface area contributed by atoms with E-state index >= 15 is 0 Å². The minimum atomic E-state index is -0.646. The fourth-order valence-electron chi connectivity index (χ4n) is 7.54. The Morgan fingerprint density at radius 2 is 1.71 bits per heavy atom. The molecule has 2 aliphatic heterocycles. The standard InChI is InChI=1S/C35H40BrN9O3/c1-20-6-7-29(36)39-33(20)40-34(48)27-14-35(19-43-10-8-42(5)9-11-43)15-28(35)45(27)30(47)18-44-32-21(2)12-24(25-16-37-23(4)38-17-25)13-26(32)31(41-44)22(3)46/h6-7,12-13,16-17,27-28H,8-11,14-15,18-19H2,1-5H3,(H,39,40,48)/t27-,28+,35-/m0/s1. The molecule has 1 aliphatic carbocycles. The Morgan fingerprint density at radius 3 is 2.42 bits per heavy atom. The van der Waals surface area contributed by atoms with E-state index in [1.807, 2.05) is 45.0 Å². The SMILES string of the molecule is CC(=O)c1nn(CC(=O)N2[C@H](C(=O)Nc3nc(Br)ccc3C)C[C@@]3(CN4CCN(C)CC4)C[C@@H]23)c2c(C)cc(-c3cnc(C)nc3)cc12. The van der Waals surface area contributed by atoms with E-state index < -0.39 is 6.04 Å². The monoisotopic (exact) mass is 713 g/mol. The van der Waals surface area contributed by atoms with E-state index in [1.54, 1.807) is 22.0 Å². The predicted octanol–water partition coefficient (Wildman–Crippen LogP) is 4.02. The van der Waals surface area contributed by atoms with Crippen LogP contribution < -0.4 is 5.32 Å². The second-order valence-electron chi connectivity index (χ2n) is 13.7. The highest BCUT2D eigenvalue weighted by atomic mass is 79.9. The van der Waals surface area contributed by atoms with Crippen molar-refractivity contribution in [2.45, 2.75) is 59.2 Å². The van der Waals surface area contributed by atoms with Crippen molar-refractivity contribution in [1.29, 1.82) is 0 Å². The van der Waals surface area contributed by atoms with Gasteiger partial charge >= 0.3 is 0 Å². The first-order valence-electron chi connectivity index (χ1n) is 16.4. The molecule has 48 heavy (non-hydrogen) atoms. The number of likely N-dealkylation sites (tertiary alicyclic amines) is 1. The molecule has 0 unspecified atom stereocenters. The lowest BCUT2D eigenvalue weighted by molar-refractivity contribution is -0.138. The summed E-state index contributed by atoms with van der Waals surface area (Å²) < 4.78 is 2.26. The Bertz CT molecular complexity index is 1940. The van der Waals surface area contributed by atoms with E-state index in [2.05, 4.69) is 58.1 Å². The summed E-state index contributed by atoms with van der Waals surface area (Å²) in [5, 5.41) is 8.38. The van der Waals surface area contributed by atoms with Gasteiger partial charge in [-0.25, -0.2) is 15.0 Å². The predicted molar refractivity (Wildman–Crippen MR) is 186 cm³/mol. The van der Waals surface area contributed by atoms with Gasteiger partial charge in [0.2, 0.25) is 11.8 Å². The first-order chi connectivity index (χ1) is 22.9. The number of piperidine rings is 1. The highest BCUT2D eigenvalue weighted by Crippen LogP contribution is 2.60. The number of rotatable bonds is 8. The molecule has 3 aromatic heterocycles. The number of ketones is 1. The maximum absolute atomic E-state index is 14.4. The molecule has 4 aromatic rings. The molecule has 12 nitrogen and oxygen atoms in total. The number of amides is 2. The number of fused-ring (bicyclic) bond motifs is 2. The lowest BCUT2D eigenvalue weighted by atomic mass is 9.98. The maximum Gasteiger partial charge on any atom is 0.248 e. The summed E-state index contributed by atoms with van der Waals surface area (Å²) in [6, 6.07) is 6.96. The van der Waals surface area contributed by atoms with Crippen LogP contribution in [-0.2, 0) is 16.1 Å². The Hall–Kier alpha value is -4.07. The van der Waals surface area contributed by atoms with Gasteiger partial charge in [0.1, 0.15) is 34.5 Å². The molecule has 0 spiro atoms. The number of Topliss-reactive ketones (excluding diaryl/α,β-unsaturated/α-hetero) is 1. The van der Waals surface area contributed by atoms with Gasteiger partial charge in [0.05, 0.1) is 5.52 Å². The van der Waals surface area contributed by atoms with Crippen molar-refractivity contribution >= 4 is 50.2 Å². The smallest absolute Gasteiger partial charge is 0.248 e. The average Bonchev–Trinajstić information content (AvgIpc) is 3.43. The van der Waals surface area contributed by atoms with Crippen molar-refractivity contribution in [3.05, 3.63) is 63.9 Å². The number of pyridine rings is 1. The number of piperazine rings is 1. The molecule has 3 atom stereocenters. The number of aromatic nitrogens is 5. The van der Waals surface area contributed by atoms with E-state index in [4.69, 9.17) is 0 Å². The van der Waals surface area contributed by atoms with E-state index in [0.717, 1.165) is 66.9 Å². The summed E-state index contributed by atoms with van der Waals surface area (Å²) in [4.78, 5) is 61.0. The third kappa shape index (κ3) is 6.03. The number of anilines is 1. The molecule has 2 saturated heterocycles. The van der Waals surface area contributed by atoms with Gasteiger partial charge in [0.25, 0.3) is 0 Å². The zero-order valence-corrected chi connectivity index (χ0v) is 29.5. The fraction of sp³-hybridized carbons (Fsp3) is 0.457. The van der Waals surface area contributed by atoms with Gasteiger partial charge in [0, 0.05) is 74.4 Å². The number of hydrogen-bond acceptors (Lipinski definition) is 9. The molecule has 0 radical (unpaired) electrons. The van der Waals surface area contributed by atoms with Crippen LogP contribution >= 0.6 is 15.9 Å². The van der Waals surface area contributed by atoms with Gasteiger partial charge in [-0.05, 0) is 91.5 Å². The highest BCUT2D eigenvalue weighted by molar-refractivity contribution is 9.10. The molecule has 7 rings (SSSR count). The Labute approximate surface area is 288 Å². The number of benzene rings is 1. The van der Waals surface area contributed by atoms with E-state index in [1.165, 1.54) is 6.92 Å². The maximum atomic E-state index is 14.4. The number of aryl methyl sites for hydroxylation is 3. The van der Waals surface area contributed by atoms with Crippen LogP contribution in [0.2, 0.25) is 0 Å². The van der Waals surface area contributed by atoms with Crippen molar-refractivity contribution in [2.75, 3.05) is 45.1 Å². The quantitative estimate of drug-likeness (QED) is 0.213. The van der Waals surface area contributed by atoms with Crippen LogP contribution in [0, 0.1) is 26.2 Å². The molecule has 13 heteroatoms. The largest absolute Gasteiger partial charge is 0.325 e. The minimum Gasteiger partial charge on any atom is -0.325 e. The molecular formula is C35H40BrN9O3. The van der Waals surface area contributed by atoms with Crippen LogP contribution in [0.15, 0.2) is 41.3 Å². The summed E-state index contributed by atoms with van der Waals surface area (Å²) in [7, 11) is 2.14. The number of carbonyl (C=O) groups is 3. The number of nitrogens with zero attached hydrogens (tertiary/aromatic N) is 8. The Balaban J connectivity index is 1.20. The molecule has 0 bridgehead atoms. The molecule has 1 aromatic carbocycles. The fourth-order valence-corrected chi connectivity index (χ4v) is 7.85. The molecule has 3 fully saturated rings. The van der Waals surface area contributed by atoms with Gasteiger partial charge in [-0.2, -0.15) is 5.10 Å². The summed E-state index contributed by atoms with van der Waals surface area (Å²) in [5.74, 6) is 0.536. The Kier molecular flexibility index (Phi) is 8.41. The molecule has 250 valence electrons. The van der Waals surface area contributed by atoms with Crippen LogP contribution in [0.5, 0.6) is 0 Å². The van der Waals surface area contributed by atoms with Gasteiger partial charge in [0.15, 0.2) is 5.78 Å². The molecular weight excluding hydrogens is 674 g/mol. The number of likely N-dealkylation sites (N-methyl/N-ethyl adjacent to an activating group) is 1. The van der Waals surface area contributed by atoms with Gasteiger partial charge in [-0.1, -0.05) is 6.07 Å². The highest BCUT2D eigenvalue weighted by Gasteiger charge is 2.67. The van der Waals surface area contributed by atoms with Crippen molar-refractivity contribution in [3.63, 3.8) is 0 Å². The number of nitrogens with one attached hydrogen (secondary N) is 1. The van der Waals surface area contributed by atoms with Crippen molar-refractivity contribution in [2.24, 2.45) is 5.41 Å². The van der Waals surface area contributed by atoms with Crippen molar-refractivity contribution in [1.82, 2.24) is 39.4 Å². The lowest BCUT2D eigenvalue weighted by Crippen LogP contribution is -2.47. The first kappa shape index (κ1) is 32.5. The van der Waals surface area contributed by atoms with Crippen LogP contribution in [-0.4, -0.2) is 109 Å². The van der Waals surface area contributed by atoms with E-state index in [0.29, 0.717) is 33.7 Å². The van der Waals surface area contributed by atoms with Gasteiger partial charge in [-0.15, -0.1) is 0 Å². The van der Waals surface area contributed by atoms with Gasteiger partial charge in [-0.3, -0.25) is 19.1 Å². The molecule has 1 saturated carbocycles. The van der Waals surface area contributed by atoms with Crippen LogP contribution in [0.1, 0.15) is 47.2 Å². The summed E-state index contributed by atoms with van der Waals surface area (Å²) in [6.07, 6.45) is 4.98. The van der Waals surface area contributed by atoms with Gasteiger partial charge < -0.3 is 20.0 Å². The average molecular weight is 715 g/mol. The third-order valence-electron chi connectivity index (χ3n) is 10.2. The zero-order valence-electron chi connectivity index (χ0n) is 28.0. The summed E-state index contributed by atoms with van der Waals surface area (Å²) in [5.41, 5.74) is 4.30. The lowest BCUT2D eigenvalue weighted by Gasteiger charge is -2.34. The molecule has 5 heterocycles. The van der Waals surface area contributed by atoms with E-state index in [9.17, 15) is 14.4 Å². The summed E-state index contributed by atoms with van der Waals surface area (Å²) >= 11 is 3.41. The normalized spacial score (nSPS) is 22.6. The van der Waals surface area contributed by atoms with E-state index in [-0.39, 0.29) is 35.6 Å². The Morgan fingerprint density at radius 1 is 0.979 bits per heavy atom. The zero-order chi connectivity index (χ0) is 33.9. The number of halogens is 1. The third-order valence-corrected chi connectivity index (χ3v) is 10.7. The van der Waals surface area contributed by atoms with Crippen LogP contribution in [0.4, 0.5) is 5.82 Å². The molecule has 3 aliphatic rings. The molecule has 1 N–H and O–H groups in total. The second kappa shape index (κ2) is 12.4. The topological polar surface area (TPSA) is 129 Å². The van der Waals surface area contributed by atoms with Crippen LogP contribution in [0.25, 0.3) is 22.0 Å². The van der Waals surface area contributed by atoms with Crippen LogP contribution in [0.3, 0.4) is 0 Å². The second-order valence-corrected chi connectivity index (χ2v) is 14.6. The summed E-state index contributed by atoms with van der Waals surface area (Å²) in [6.45, 7) is 11.9. The first-order valence-corrected chi connectivity index (χ1v) is 17.2. The molecule has 2 amide bonds.